The Bertz CT molecular complexity index is 386. The van der Waals surface area contributed by atoms with Crippen LogP contribution in [0, 0.1) is 0 Å². The summed E-state index contributed by atoms with van der Waals surface area (Å²) in [5, 5.41) is 0. The highest BCUT2D eigenvalue weighted by atomic mass is 35.5. The number of alkyl halides is 1. The lowest BCUT2D eigenvalue weighted by molar-refractivity contribution is -0.118. The van der Waals surface area contributed by atoms with Crippen LogP contribution in [0.25, 0.3) is 0 Å². The van der Waals surface area contributed by atoms with Gasteiger partial charge in [-0.05, 0) is 37.5 Å². The molecule has 1 rings (SSSR count). The first kappa shape index (κ1) is 19.9. The molecule has 1 atom stereocenters. The molecule has 0 aliphatic rings. The second-order valence-electron chi connectivity index (χ2n) is 4.76. The van der Waals surface area contributed by atoms with Crippen LogP contribution in [0.4, 0.5) is 5.69 Å². The Hall–Kier alpha value is -1.06. The maximum Gasteiger partial charge on any atom is 0.146 e. The number of nitrogens with zero attached hydrogens (tertiary/aromatic N) is 1. The third kappa shape index (κ3) is 7.49. The van der Waals surface area contributed by atoms with Gasteiger partial charge in [-0.3, -0.25) is 4.79 Å². The normalized spacial score (nSPS) is 11.3. The molecule has 3 nitrogen and oxygen atoms in total. The summed E-state index contributed by atoms with van der Waals surface area (Å²) in [5.41, 5.74) is 8.02. The van der Waals surface area contributed by atoms with Gasteiger partial charge in [0.1, 0.15) is 5.78 Å². The molecule has 0 amide bonds. The first-order valence-corrected chi connectivity index (χ1v) is 8.27. The van der Waals surface area contributed by atoms with Gasteiger partial charge < -0.3 is 10.6 Å². The predicted molar refractivity (Wildman–Crippen MR) is 93.4 cm³/mol. The van der Waals surface area contributed by atoms with Crippen LogP contribution in [0.2, 0.25) is 0 Å². The van der Waals surface area contributed by atoms with Crippen molar-refractivity contribution in [1.82, 2.24) is 0 Å². The first-order valence-electron chi connectivity index (χ1n) is 7.74. The van der Waals surface area contributed by atoms with Crippen molar-refractivity contribution in [3.63, 3.8) is 0 Å². The molecule has 0 saturated heterocycles. The molecule has 0 saturated carbocycles. The first-order chi connectivity index (χ1) is 10.1. The van der Waals surface area contributed by atoms with Gasteiger partial charge in [0.2, 0.25) is 0 Å². The minimum Gasteiger partial charge on any atom is -0.370 e. The smallest absolute Gasteiger partial charge is 0.146 e. The fourth-order valence-electron chi connectivity index (χ4n) is 1.98. The molecule has 120 valence electrons. The molecule has 0 aliphatic carbocycles. The number of carbonyl (C=O) groups excluding carboxylic acids is 1. The largest absolute Gasteiger partial charge is 0.370 e. The molecule has 0 fully saturated rings. The van der Waals surface area contributed by atoms with Gasteiger partial charge in [-0.15, -0.1) is 11.6 Å². The van der Waals surface area contributed by atoms with E-state index in [0.717, 1.165) is 25.1 Å². The Labute approximate surface area is 134 Å². The van der Waals surface area contributed by atoms with Crippen molar-refractivity contribution in [2.24, 2.45) is 5.73 Å². The number of hydrogen-bond acceptors (Lipinski definition) is 3. The lowest BCUT2D eigenvalue weighted by Gasteiger charge is -2.23. The number of rotatable bonds is 8. The van der Waals surface area contributed by atoms with Gasteiger partial charge >= 0.3 is 0 Å². The second kappa shape index (κ2) is 11.6. The van der Waals surface area contributed by atoms with Crippen LogP contribution >= 0.6 is 11.6 Å². The number of carbonyl (C=O) groups is 1. The summed E-state index contributed by atoms with van der Waals surface area (Å²) in [6.07, 6.45) is 1.69. The van der Waals surface area contributed by atoms with Crippen LogP contribution in [0.15, 0.2) is 24.3 Å². The number of nitrogens with two attached hydrogens (primary N) is 1. The molecule has 0 bridgehead atoms. The van der Waals surface area contributed by atoms with Gasteiger partial charge in [0.05, 0.1) is 6.04 Å². The molecule has 0 radical (unpaired) electrons. The van der Waals surface area contributed by atoms with Crippen molar-refractivity contribution >= 4 is 23.1 Å². The average molecular weight is 313 g/mol. The monoisotopic (exact) mass is 312 g/mol. The topological polar surface area (TPSA) is 46.3 Å². The summed E-state index contributed by atoms with van der Waals surface area (Å²) in [6, 6.07) is 7.82. The van der Waals surface area contributed by atoms with Crippen molar-refractivity contribution in [2.75, 3.05) is 23.9 Å². The molecule has 1 aromatic carbocycles. The molecule has 0 heterocycles. The number of ketones is 1. The van der Waals surface area contributed by atoms with Crippen LogP contribution in [0.5, 0.6) is 0 Å². The van der Waals surface area contributed by atoms with E-state index >= 15 is 0 Å². The highest BCUT2D eigenvalue weighted by Gasteiger charge is 2.10. The van der Waals surface area contributed by atoms with Crippen LogP contribution in [0.3, 0.4) is 0 Å². The molecule has 2 N–H and O–H groups in total. The zero-order chi connectivity index (χ0) is 16.3. The summed E-state index contributed by atoms with van der Waals surface area (Å²) in [5.74, 6) is 0.649. The predicted octanol–water partition coefficient (Wildman–Crippen LogP) is 3.63. The quantitative estimate of drug-likeness (QED) is 0.746. The van der Waals surface area contributed by atoms with Crippen LogP contribution < -0.4 is 10.6 Å². The van der Waals surface area contributed by atoms with E-state index in [1.807, 2.05) is 26.0 Å². The van der Waals surface area contributed by atoms with Crippen molar-refractivity contribution in [3.05, 3.63) is 29.8 Å². The van der Waals surface area contributed by atoms with E-state index in [9.17, 15) is 4.79 Å². The van der Waals surface area contributed by atoms with Gasteiger partial charge in [0.25, 0.3) is 0 Å². The molecular formula is C17H29ClN2O. The molecule has 0 aliphatic heterocycles. The number of benzene rings is 1. The Morgan fingerprint density at radius 3 is 2.24 bits per heavy atom. The van der Waals surface area contributed by atoms with E-state index in [2.05, 4.69) is 24.0 Å². The van der Waals surface area contributed by atoms with E-state index in [1.54, 1.807) is 0 Å². The van der Waals surface area contributed by atoms with E-state index in [4.69, 9.17) is 17.3 Å². The third-order valence-electron chi connectivity index (χ3n) is 3.13. The second-order valence-corrected chi connectivity index (χ2v) is 5.14. The summed E-state index contributed by atoms with van der Waals surface area (Å²) in [7, 11) is 0. The standard InChI is InChI=1S/C15H23ClN2O.C2H6/c1-3-9-18(10-8-16)14-6-4-13(5-7-14)11-15(17)12(2)19;1-2/h4-7,15H,3,8-11,17H2,1-2H3;1-2H3/t15-;/m0./s1. The lowest BCUT2D eigenvalue weighted by atomic mass is 10.0. The molecule has 4 heteroatoms. The number of anilines is 1. The SMILES string of the molecule is CC.CCCN(CCCl)c1ccc(C[C@H](N)C(C)=O)cc1. The molecule has 21 heavy (non-hydrogen) atoms. The van der Waals surface area contributed by atoms with Gasteiger partial charge in [-0.2, -0.15) is 0 Å². The van der Waals surface area contributed by atoms with Gasteiger partial charge in [-0.25, -0.2) is 0 Å². The maximum atomic E-state index is 11.1. The Morgan fingerprint density at radius 1 is 1.24 bits per heavy atom. The number of hydrogen-bond donors (Lipinski definition) is 1. The lowest BCUT2D eigenvalue weighted by Crippen LogP contribution is -2.30. The van der Waals surface area contributed by atoms with Crippen LogP contribution in [0.1, 0.15) is 39.7 Å². The minimum absolute atomic E-state index is 0.0267. The molecule has 0 spiro atoms. The Balaban J connectivity index is 0.00000191. The van der Waals surface area contributed by atoms with E-state index in [-0.39, 0.29) is 5.78 Å². The average Bonchev–Trinajstić information content (AvgIpc) is 2.50. The summed E-state index contributed by atoms with van der Waals surface area (Å²) < 4.78 is 0. The van der Waals surface area contributed by atoms with Crippen molar-refractivity contribution in [2.45, 2.75) is 46.6 Å². The molecular weight excluding hydrogens is 284 g/mol. The number of halogens is 1. The van der Waals surface area contributed by atoms with Gasteiger partial charge in [-0.1, -0.05) is 32.9 Å². The molecule has 0 unspecified atom stereocenters. The highest BCUT2D eigenvalue weighted by Crippen LogP contribution is 2.16. The van der Waals surface area contributed by atoms with Crippen LogP contribution in [-0.4, -0.2) is 30.8 Å². The van der Waals surface area contributed by atoms with E-state index in [0.29, 0.717) is 12.3 Å². The molecule has 1 aromatic rings. The van der Waals surface area contributed by atoms with Crippen molar-refractivity contribution in [1.29, 1.82) is 0 Å². The van der Waals surface area contributed by atoms with Crippen molar-refractivity contribution < 1.29 is 4.79 Å². The number of Topliss-reactive ketones (excluding diaryl/α,β-unsaturated/α-hetero) is 1. The zero-order valence-electron chi connectivity index (χ0n) is 13.7. The zero-order valence-corrected chi connectivity index (χ0v) is 14.5. The highest BCUT2D eigenvalue weighted by molar-refractivity contribution is 6.18. The Morgan fingerprint density at radius 2 is 1.81 bits per heavy atom. The van der Waals surface area contributed by atoms with Gasteiger partial charge in [0.15, 0.2) is 0 Å². The van der Waals surface area contributed by atoms with Gasteiger partial charge in [0, 0.05) is 24.7 Å². The summed E-state index contributed by atoms with van der Waals surface area (Å²) >= 11 is 5.82. The summed E-state index contributed by atoms with van der Waals surface area (Å²) in [6.45, 7) is 9.53. The maximum absolute atomic E-state index is 11.1. The fraction of sp³-hybridized carbons (Fsp3) is 0.588. The third-order valence-corrected chi connectivity index (χ3v) is 3.30. The van der Waals surface area contributed by atoms with E-state index < -0.39 is 6.04 Å². The van der Waals surface area contributed by atoms with Crippen molar-refractivity contribution in [3.8, 4) is 0 Å². The minimum atomic E-state index is -0.402. The Kier molecular flexibility index (Phi) is 11.0. The van der Waals surface area contributed by atoms with E-state index in [1.165, 1.54) is 12.6 Å². The summed E-state index contributed by atoms with van der Waals surface area (Å²) in [4.78, 5) is 13.4. The molecule has 0 aromatic heterocycles. The fourth-order valence-corrected chi connectivity index (χ4v) is 2.19. The van der Waals surface area contributed by atoms with Crippen LogP contribution in [-0.2, 0) is 11.2 Å².